The molecule has 0 bridgehead atoms. The molecule has 2 N–H and O–H groups in total. The van der Waals surface area contributed by atoms with Crippen LogP contribution in [0.1, 0.15) is 13.3 Å². The van der Waals surface area contributed by atoms with Crippen LogP contribution < -0.4 is 5.32 Å². The topological polar surface area (TPSA) is 58.6 Å². The lowest BCUT2D eigenvalue weighted by Crippen LogP contribution is -2.37. The molecule has 0 aromatic heterocycles. The molecule has 5 heteroatoms. The Morgan fingerprint density at radius 2 is 2.29 bits per heavy atom. The second-order valence-electron chi connectivity index (χ2n) is 3.02. The smallest absolute Gasteiger partial charge is 0.323 e. The van der Waals surface area contributed by atoms with E-state index in [2.05, 4.69) is 10.1 Å². The van der Waals surface area contributed by atoms with Crippen LogP contribution in [-0.4, -0.2) is 48.9 Å². The van der Waals surface area contributed by atoms with Crippen molar-refractivity contribution in [3.05, 3.63) is 0 Å². The molecule has 2 unspecified atom stereocenters. The number of methoxy groups -OCH3 is 1. The molecular formula is C9H19NO3S. The number of nitrogens with one attached hydrogen (secondary N) is 1. The molecule has 0 spiro atoms. The maximum absolute atomic E-state index is 11.2. The Hall–Kier alpha value is -0.260. The van der Waals surface area contributed by atoms with Crippen LogP contribution in [-0.2, 0) is 9.53 Å². The minimum absolute atomic E-state index is 0.191. The van der Waals surface area contributed by atoms with E-state index >= 15 is 0 Å². The van der Waals surface area contributed by atoms with Crippen LogP contribution in [0.4, 0.5) is 0 Å². The van der Waals surface area contributed by atoms with Crippen molar-refractivity contribution in [1.82, 2.24) is 5.32 Å². The van der Waals surface area contributed by atoms with Crippen molar-refractivity contribution in [2.24, 2.45) is 0 Å². The van der Waals surface area contributed by atoms with Gasteiger partial charge in [-0.2, -0.15) is 11.8 Å². The highest BCUT2D eigenvalue weighted by Gasteiger charge is 2.17. The number of rotatable bonds is 7. The number of hydrogen-bond donors (Lipinski definition) is 2. The summed E-state index contributed by atoms with van der Waals surface area (Å²) in [5, 5.41) is 11.9. The lowest BCUT2D eigenvalue weighted by molar-refractivity contribution is -0.142. The zero-order valence-electron chi connectivity index (χ0n) is 8.95. The SMILES string of the molecule is CNC(CSC(C)CCO)C(=O)OC. The van der Waals surface area contributed by atoms with E-state index in [4.69, 9.17) is 5.11 Å². The highest BCUT2D eigenvalue weighted by molar-refractivity contribution is 7.99. The third kappa shape index (κ3) is 5.47. The quantitative estimate of drug-likeness (QED) is 0.604. The standard InChI is InChI=1S/C9H19NO3S/c1-7(4-5-11)14-6-8(10-2)9(12)13-3/h7-8,10-11H,4-6H2,1-3H3. The van der Waals surface area contributed by atoms with Gasteiger partial charge in [0, 0.05) is 17.6 Å². The average molecular weight is 221 g/mol. The molecule has 4 nitrogen and oxygen atoms in total. The van der Waals surface area contributed by atoms with Gasteiger partial charge in [-0.3, -0.25) is 4.79 Å². The molecule has 2 atom stereocenters. The maximum Gasteiger partial charge on any atom is 0.323 e. The zero-order valence-corrected chi connectivity index (χ0v) is 9.76. The molecule has 0 aromatic rings. The number of carbonyl (C=O) groups excluding carboxylic acids is 1. The van der Waals surface area contributed by atoms with Crippen molar-refractivity contribution in [2.45, 2.75) is 24.6 Å². The summed E-state index contributed by atoms with van der Waals surface area (Å²) in [7, 11) is 3.12. The minimum Gasteiger partial charge on any atom is -0.468 e. The fraction of sp³-hybridized carbons (Fsp3) is 0.889. The average Bonchev–Trinajstić information content (AvgIpc) is 2.18. The van der Waals surface area contributed by atoms with Crippen molar-refractivity contribution in [2.75, 3.05) is 26.5 Å². The molecule has 0 fully saturated rings. The van der Waals surface area contributed by atoms with Gasteiger partial charge in [0.15, 0.2) is 0 Å². The number of thioether (sulfide) groups is 1. The summed E-state index contributed by atoms with van der Waals surface area (Å²) in [6.07, 6.45) is 0.752. The third-order valence-corrected chi connectivity index (χ3v) is 3.25. The molecule has 14 heavy (non-hydrogen) atoms. The fourth-order valence-corrected chi connectivity index (χ4v) is 2.03. The first-order valence-electron chi connectivity index (χ1n) is 4.63. The molecule has 0 rings (SSSR count). The van der Waals surface area contributed by atoms with Crippen LogP contribution in [0.5, 0.6) is 0 Å². The summed E-state index contributed by atoms with van der Waals surface area (Å²) >= 11 is 1.65. The first kappa shape index (κ1) is 13.7. The van der Waals surface area contributed by atoms with E-state index in [1.54, 1.807) is 18.8 Å². The van der Waals surface area contributed by atoms with E-state index in [0.29, 0.717) is 11.0 Å². The second-order valence-corrected chi connectivity index (χ2v) is 4.49. The summed E-state index contributed by atoms with van der Waals surface area (Å²) in [5.74, 6) is 0.431. The van der Waals surface area contributed by atoms with E-state index in [0.717, 1.165) is 6.42 Å². The van der Waals surface area contributed by atoms with E-state index < -0.39 is 0 Å². The Bertz CT molecular complexity index is 166. The Morgan fingerprint density at radius 1 is 1.64 bits per heavy atom. The van der Waals surface area contributed by atoms with Crippen molar-refractivity contribution in [3.63, 3.8) is 0 Å². The zero-order chi connectivity index (χ0) is 11.0. The van der Waals surface area contributed by atoms with Gasteiger partial charge >= 0.3 is 5.97 Å². The molecule has 0 saturated heterocycles. The number of likely N-dealkylation sites (N-methyl/N-ethyl adjacent to an activating group) is 1. The predicted octanol–water partition coefficient (Wildman–Crippen LogP) is 0.251. The van der Waals surface area contributed by atoms with Gasteiger partial charge in [0.2, 0.25) is 0 Å². The lowest BCUT2D eigenvalue weighted by atomic mass is 10.3. The largest absolute Gasteiger partial charge is 0.468 e. The maximum atomic E-state index is 11.2. The Kier molecular flexibility index (Phi) is 7.93. The van der Waals surface area contributed by atoms with Crippen molar-refractivity contribution in [3.8, 4) is 0 Å². The van der Waals surface area contributed by atoms with Gasteiger partial charge in [-0.1, -0.05) is 6.92 Å². The van der Waals surface area contributed by atoms with Crippen LogP contribution in [0.3, 0.4) is 0 Å². The summed E-state index contributed by atoms with van der Waals surface area (Å²) in [6, 6.07) is -0.258. The number of aliphatic hydroxyl groups is 1. The molecule has 0 radical (unpaired) electrons. The number of carbonyl (C=O) groups is 1. The monoisotopic (exact) mass is 221 g/mol. The van der Waals surface area contributed by atoms with Gasteiger partial charge in [-0.15, -0.1) is 0 Å². The summed E-state index contributed by atoms with van der Waals surface area (Å²) in [5.41, 5.74) is 0. The molecule has 0 aromatic carbocycles. The summed E-state index contributed by atoms with van der Waals surface area (Å²) in [6.45, 7) is 2.22. The fourth-order valence-electron chi connectivity index (χ4n) is 0.937. The van der Waals surface area contributed by atoms with Crippen LogP contribution in [0.25, 0.3) is 0 Å². The molecule has 0 heterocycles. The normalized spacial score (nSPS) is 14.9. The van der Waals surface area contributed by atoms with Crippen LogP contribution in [0, 0.1) is 0 Å². The highest BCUT2D eigenvalue weighted by atomic mass is 32.2. The molecule has 0 amide bonds. The molecule has 0 aliphatic rings. The van der Waals surface area contributed by atoms with E-state index in [-0.39, 0.29) is 18.6 Å². The van der Waals surface area contributed by atoms with Gasteiger partial charge < -0.3 is 15.2 Å². The molecule has 0 aliphatic heterocycles. The van der Waals surface area contributed by atoms with E-state index in [1.165, 1.54) is 7.11 Å². The molecule has 84 valence electrons. The van der Waals surface area contributed by atoms with Crippen LogP contribution >= 0.6 is 11.8 Å². The first-order valence-corrected chi connectivity index (χ1v) is 5.68. The number of aliphatic hydroxyl groups excluding tert-OH is 1. The Morgan fingerprint density at radius 3 is 2.71 bits per heavy atom. The van der Waals surface area contributed by atoms with Gasteiger partial charge in [-0.05, 0) is 13.5 Å². The first-order chi connectivity index (χ1) is 6.65. The van der Waals surface area contributed by atoms with Gasteiger partial charge in [0.1, 0.15) is 6.04 Å². The Balaban J connectivity index is 3.77. The third-order valence-electron chi connectivity index (χ3n) is 1.92. The number of esters is 1. The van der Waals surface area contributed by atoms with Crippen molar-refractivity contribution >= 4 is 17.7 Å². The van der Waals surface area contributed by atoms with Gasteiger partial charge in [0.25, 0.3) is 0 Å². The predicted molar refractivity (Wildman–Crippen MR) is 58.5 cm³/mol. The second kappa shape index (κ2) is 8.08. The van der Waals surface area contributed by atoms with E-state index in [1.807, 2.05) is 6.92 Å². The molecular weight excluding hydrogens is 202 g/mol. The van der Waals surface area contributed by atoms with Gasteiger partial charge in [-0.25, -0.2) is 0 Å². The van der Waals surface area contributed by atoms with Crippen molar-refractivity contribution < 1.29 is 14.6 Å². The van der Waals surface area contributed by atoms with Crippen LogP contribution in [0.15, 0.2) is 0 Å². The van der Waals surface area contributed by atoms with E-state index in [9.17, 15) is 4.79 Å². The number of ether oxygens (including phenoxy) is 1. The summed E-state index contributed by atoms with van der Waals surface area (Å²) in [4.78, 5) is 11.2. The molecule has 0 saturated carbocycles. The summed E-state index contributed by atoms with van der Waals surface area (Å²) < 4.78 is 4.63. The van der Waals surface area contributed by atoms with Crippen LogP contribution in [0.2, 0.25) is 0 Å². The number of hydrogen-bond acceptors (Lipinski definition) is 5. The van der Waals surface area contributed by atoms with Crippen molar-refractivity contribution in [1.29, 1.82) is 0 Å². The highest BCUT2D eigenvalue weighted by Crippen LogP contribution is 2.14. The minimum atomic E-state index is -0.258. The van der Waals surface area contributed by atoms with Gasteiger partial charge in [0.05, 0.1) is 7.11 Å². The lowest BCUT2D eigenvalue weighted by Gasteiger charge is -2.15. The molecule has 0 aliphatic carbocycles. The Labute approximate surface area is 89.4 Å².